The van der Waals surface area contributed by atoms with Crippen LogP contribution in [0.5, 0.6) is 97.7 Å². The molecule has 7 aromatic rings. The van der Waals surface area contributed by atoms with Crippen molar-refractivity contribution < 1.29 is 159 Å². The zero-order chi connectivity index (χ0) is 64.4. The van der Waals surface area contributed by atoms with E-state index >= 15 is 14.4 Å². The zero-order valence-corrected chi connectivity index (χ0v) is 44.3. The van der Waals surface area contributed by atoms with Crippen LogP contribution in [-0.2, 0) is 28.4 Å². The maximum absolute atomic E-state index is 15.4. The molecule has 1 saturated heterocycles. The van der Waals surface area contributed by atoms with E-state index < -0.39 is 263 Å². The number of aliphatic hydroxyl groups excluding tert-OH is 4. The Morgan fingerprint density at radius 2 is 0.955 bits per heavy atom. The fourth-order valence-corrected chi connectivity index (χ4v) is 11.0. The number of carbonyl (C=O) groups excluding carboxylic acids is 5. The Bertz CT molecular complexity index is 4210. The highest BCUT2D eigenvalue weighted by Gasteiger charge is 2.56. The Labute approximate surface area is 492 Å². The lowest BCUT2D eigenvalue weighted by Crippen LogP contribution is -2.60. The molecule has 0 aliphatic carbocycles. The van der Waals surface area contributed by atoms with E-state index in [9.17, 15) is 112 Å². The largest absolute Gasteiger partial charge is 0.507 e. The summed E-state index contributed by atoms with van der Waals surface area (Å²) in [6, 6.07) is 8.05. The summed E-state index contributed by atoms with van der Waals surface area (Å²) in [5, 5.41) is 222. The molecule has 0 saturated carbocycles. The monoisotopic (exact) mass is 1240 g/mol. The summed E-state index contributed by atoms with van der Waals surface area (Å²) in [6.45, 7) is -2.60. The van der Waals surface area contributed by atoms with Crippen molar-refractivity contribution >= 4 is 40.6 Å². The summed E-state index contributed by atoms with van der Waals surface area (Å²) in [4.78, 5) is 74.8. The van der Waals surface area contributed by atoms with Gasteiger partial charge in [-0.25, -0.2) is 24.0 Å². The number of esters is 5. The molecular formula is C57H44O32. The summed E-state index contributed by atoms with van der Waals surface area (Å²) in [6.07, 6.45) is -21.3. The van der Waals surface area contributed by atoms with Gasteiger partial charge in [-0.1, -0.05) is 24.3 Å². The number of fused-ring (bicyclic) bond motifs is 8. The number of phenolic OH excluding ortho intramolecular Hbond substituents is 16. The molecule has 4 aliphatic heterocycles. The Morgan fingerprint density at radius 1 is 0.472 bits per heavy atom. The molecule has 0 radical (unpaired) electrons. The van der Waals surface area contributed by atoms with Crippen LogP contribution in [0.15, 0.2) is 60.7 Å². The van der Waals surface area contributed by atoms with E-state index in [1.54, 1.807) is 0 Å². The molecule has 0 spiro atoms. The number of aliphatic hydroxyl groups is 4. The SMILES string of the molecule is O=C(O[C@@H]1COC(=O)c2cc(O)c(O)c(O)c2-c2c(cc(O)c(O)c2O)C(=O)O[C@H]1[C@@H]1OC(=O)c2cc(O)c(O)c(O)c2-c2c(O)c(O)c(O)c3c2C(=O)O[C@H]1[C@H]3c1cc(O[C@@H]2O[C@H](CO)[C@@H](O)[C@H](O)[C@H]2O)c2ccccc2c1O)c1cc(O)c(O)c(O)c1. The lowest BCUT2D eigenvalue weighted by atomic mass is 9.74. The standard InChI is InChI=1S/C57H44O32/c58-11-26-40(69)46(75)48(77)57(86-26)85-25-10-16(35(64)15-4-2-1-3-14(15)25)31-33-34-32(44(73)47(76)45(33)74)30-19(9-24(63)39(68)43(30)72)55(81)89-51(50(31)88-56(34)82)49-27(84-52(78)13-5-20(59)36(65)21(60)6-13)12-83-53(79)17-7-22(61)37(66)41(70)28(17)29-18(54(80)87-49)8-23(62)38(67)42(29)71/h1-10,26-27,31,40,46,48-51,57-77H,11-12H2/t26-,27-,31+,40-,46+,48-,49-,50+,51+,57-/m1/s1. The highest BCUT2D eigenvalue weighted by Crippen LogP contribution is 2.61. The zero-order valence-electron chi connectivity index (χ0n) is 44.3. The average Bonchev–Trinajstić information content (AvgIpc) is 0.890. The molecule has 2 bridgehead atoms. The Morgan fingerprint density at radius 3 is 1.51 bits per heavy atom. The number of carbonyl (C=O) groups is 5. The van der Waals surface area contributed by atoms with Crippen LogP contribution in [0.25, 0.3) is 33.0 Å². The molecule has 0 amide bonds. The van der Waals surface area contributed by atoms with Crippen molar-refractivity contribution in [3.8, 4) is 120 Å². The molecule has 32 heteroatoms. The maximum Gasteiger partial charge on any atom is 0.339 e. The number of ether oxygens (including phenoxy) is 7. The van der Waals surface area contributed by atoms with Gasteiger partial charge >= 0.3 is 29.8 Å². The van der Waals surface area contributed by atoms with Crippen LogP contribution < -0.4 is 4.74 Å². The fraction of sp³-hybridized carbons (Fsp3) is 0.211. The predicted molar refractivity (Wildman–Crippen MR) is 284 cm³/mol. The quantitative estimate of drug-likeness (QED) is 0.0610. The minimum absolute atomic E-state index is 0.130. The molecule has 89 heavy (non-hydrogen) atoms. The topological polar surface area (TPSA) is 555 Å². The minimum atomic E-state index is -2.98. The van der Waals surface area contributed by atoms with Crippen LogP contribution in [0, 0.1) is 0 Å². The second-order valence-corrected chi connectivity index (χ2v) is 20.4. The van der Waals surface area contributed by atoms with Crippen LogP contribution in [0.1, 0.15) is 68.8 Å². The van der Waals surface area contributed by atoms with Gasteiger partial charge in [-0.3, -0.25) is 0 Å². The van der Waals surface area contributed by atoms with Gasteiger partial charge in [0, 0.05) is 44.2 Å². The lowest BCUT2D eigenvalue weighted by Gasteiger charge is -2.43. The Hall–Kier alpha value is -11.5. The van der Waals surface area contributed by atoms with Crippen molar-refractivity contribution in [2.24, 2.45) is 0 Å². The average molecular weight is 1240 g/mol. The molecule has 20 N–H and O–H groups in total. The molecule has 464 valence electrons. The van der Waals surface area contributed by atoms with Crippen molar-refractivity contribution in [3.63, 3.8) is 0 Å². The number of benzene rings is 7. The molecule has 1 fully saturated rings. The van der Waals surface area contributed by atoms with E-state index in [1.165, 1.54) is 24.3 Å². The molecule has 10 atom stereocenters. The maximum atomic E-state index is 15.4. The van der Waals surface area contributed by atoms with Gasteiger partial charge in [0.05, 0.1) is 40.3 Å². The van der Waals surface area contributed by atoms with Crippen molar-refractivity contribution in [3.05, 3.63) is 99.6 Å². The molecular weight excluding hydrogens is 1200 g/mol. The van der Waals surface area contributed by atoms with Crippen molar-refractivity contribution in [1.29, 1.82) is 0 Å². The van der Waals surface area contributed by atoms with E-state index in [1.807, 2.05) is 0 Å². The van der Waals surface area contributed by atoms with E-state index in [4.69, 9.17) is 33.2 Å². The molecule has 7 aromatic carbocycles. The van der Waals surface area contributed by atoms with Crippen molar-refractivity contribution in [1.82, 2.24) is 0 Å². The molecule has 4 aliphatic rings. The lowest BCUT2D eigenvalue weighted by molar-refractivity contribution is -0.277. The van der Waals surface area contributed by atoms with Crippen LogP contribution >= 0.6 is 0 Å². The molecule has 4 heterocycles. The summed E-state index contributed by atoms with van der Waals surface area (Å²) >= 11 is 0. The summed E-state index contributed by atoms with van der Waals surface area (Å²) in [5.41, 5.74) is -12.4. The van der Waals surface area contributed by atoms with Gasteiger partial charge in [-0.05, 0) is 36.4 Å². The summed E-state index contributed by atoms with van der Waals surface area (Å²) in [5.74, 6) is -35.0. The second-order valence-electron chi connectivity index (χ2n) is 20.4. The summed E-state index contributed by atoms with van der Waals surface area (Å²) in [7, 11) is 0. The van der Waals surface area contributed by atoms with Crippen molar-refractivity contribution in [2.45, 2.75) is 61.0 Å². The van der Waals surface area contributed by atoms with Gasteiger partial charge in [0.1, 0.15) is 42.5 Å². The van der Waals surface area contributed by atoms with Crippen LogP contribution in [-0.4, -0.2) is 200 Å². The third-order valence-electron chi connectivity index (χ3n) is 15.3. The molecule has 11 rings (SSSR count). The normalized spacial score (nSPS) is 23.1. The third-order valence-corrected chi connectivity index (χ3v) is 15.3. The van der Waals surface area contributed by atoms with Gasteiger partial charge in [0.25, 0.3) is 0 Å². The van der Waals surface area contributed by atoms with Crippen LogP contribution in [0.2, 0.25) is 0 Å². The molecule has 0 unspecified atom stereocenters. The van der Waals surface area contributed by atoms with Crippen molar-refractivity contribution in [2.75, 3.05) is 13.2 Å². The number of rotatable bonds is 7. The first kappa shape index (κ1) is 59.3. The minimum Gasteiger partial charge on any atom is -0.507 e. The molecule has 32 nitrogen and oxygen atoms in total. The Balaban J connectivity index is 1.24. The number of hydrogen-bond donors (Lipinski definition) is 20. The van der Waals surface area contributed by atoms with Gasteiger partial charge in [0.15, 0.2) is 87.7 Å². The number of aromatic hydroxyl groups is 16. The Kier molecular flexibility index (Phi) is 14.3. The fourth-order valence-electron chi connectivity index (χ4n) is 11.0. The van der Waals surface area contributed by atoms with Gasteiger partial charge in [-0.15, -0.1) is 0 Å². The van der Waals surface area contributed by atoms with Gasteiger partial charge in [0.2, 0.25) is 29.3 Å². The molecule has 0 aromatic heterocycles. The third kappa shape index (κ3) is 9.24. The van der Waals surface area contributed by atoms with E-state index in [2.05, 4.69) is 0 Å². The first-order chi connectivity index (χ1) is 42.1. The smallest absolute Gasteiger partial charge is 0.339 e. The number of phenols is 16. The number of hydrogen-bond acceptors (Lipinski definition) is 32. The highest BCUT2D eigenvalue weighted by molar-refractivity contribution is 6.12. The number of cyclic esters (lactones) is 3. The highest BCUT2D eigenvalue weighted by atomic mass is 16.7. The van der Waals surface area contributed by atoms with E-state index in [0.717, 1.165) is 6.07 Å². The van der Waals surface area contributed by atoms with Gasteiger partial charge in [-0.2, -0.15) is 0 Å². The second kappa shape index (κ2) is 21.5. The van der Waals surface area contributed by atoms with Crippen LogP contribution in [0.3, 0.4) is 0 Å². The van der Waals surface area contributed by atoms with Gasteiger partial charge < -0.3 is 135 Å². The predicted octanol–water partition coefficient (Wildman–Crippen LogP) is 1.47. The first-order valence-electron chi connectivity index (χ1n) is 25.7. The van der Waals surface area contributed by atoms with E-state index in [0.29, 0.717) is 30.3 Å². The van der Waals surface area contributed by atoms with Crippen LogP contribution in [0.4, 0.5) is 0 Å². The first-order valence-corrected chi connectivity index (χ1v) is 25.7. The summed E-state index contributed by atoms with van der Waals surface area (Å²) < 4.78 is 41.1. The van der Waals surface area contributed by atoms with E-state index in [-0.39, 0.29) is 10.8 Å².